The Bertz CT molecular complexity index is 2500. The average molecular weight is 541 g/mol. The zero-order valence-corrected chi connectivity index (χ0v) is 22.6. The minimum absolute atomic E-state index is 0.677. The van der Waals surface area contributed by atoms with E-state index in [-0.39, 0.29) is 0 Å². The largest absolute Gasteiger partial charge is 0.456 e. The molecule has 0 aliphatic rings. The fourth-order valence-corrected chi connectivity index (χ4v) is 7.62. The first kappa shape index (κ1) is 22.4. The second kappa shape index (κ2) is 8.32. The van der Waals surface area contributed by atoms with Crippen molar-refractivity contribution >= 4 is 80.9 Å². The van der Waals surface area contributed by atoms with E-state index in [2.05, 4.69) is 106 Å². The molecule has 0 N–H and O–H groups in total. The Morgan fingerprint density at radius 1 is 0.537 bits per heavy atom. The molecule has 3 heterocycles. The third-order valence-corrected chi connectivity index (χ3v) is 9.48. The summed E-state index contributed by atoms with van der Waals surface area (Å²) in [5.74, 6) is 0. The van der Waals surface area contributed by atoms with Crippen molar-refractivity contribution in [2.45, 2.75) is 0 Å². The van der Waals surface area contributed by atoms with E-state index in [0.29, 0.717) is 5.69 Å². The molecule has 0 amide bonds. The third-order valence-electron chi connectivity index (χ3n) is 8.21. The lowest BCUT2D eigenvalue weighted by Gasteiger charge is -2.09. The Hall–Kier alpha value is -5.37. The smallest absolute Gasteiger partial charge is 0.205 e. The molecule has 0 saturated carbocycles. The number of aromatic nitrogens is 1. The number of hydrogen-bond donors (Lipinski definition) is 0. The summed E-state index contributed by atoms with van der Waals surface area (Å²) in [6.07, 6.45) is 0. The summed E-state index contributed by atoms with van der Waals surface area (Å²) in [6.45, 7) is 8.08. The van der Waals surface area contributed by atoms with Gasteiger partial charge in [0.05, 0.1) is 28.0 Å². The van der Waals surface area contributed by atoms with Crippen LogP contribution in [-0.4, -0.2) is 4.57 Å². The summed E-state index contributed by atoms with van der Waals surface area (Å²) < 4.78 is 10.8. The Kier molecular flexibility index (Phi) is 4.55. The lowest BCUT2D eigenvalue weighted by molar-refractivity contribution is 0.669. The summed E-state index contributed by atoms with van der Waals surface area (Å²) in [6, 6.07) is 42.5. The van der Waals surface area contributed by atoms with E-state index in [1.807, 2.05) is 24.3 Å². The van der Waals surface area contributed by atoms with Gasteiger partial charge in [0, 0.05) is 31.6 Å². The Morgan fingerprint density at radius 2 is 1.22 bits per heavy atom. The highest BCUT2D eigenvalue weighted by Crippen LogP contribution is 2.46. The maximum Gasteiger partial charge on any atom is 0.205 e. The van der Waals surface area contributed by atoms with E-state index in [1.54, 1.807) is 11.3 Å². The van der Waals surface area contributed by atoms with E-state index in [0.717, 1.165) is 48.8 Å². The van der Waals surface area contributed by atoms with Gasteiger partial charge in [-0.1, -0.05) is 72.8 Å². The first-order valence-corrected chi connectivity index (χ1v) is 14.4. The molecule has 0 saturated heterocycles. The van der Waals surface area contributed by atoms with Gasteiger partial charge in [0.1, 0.15) is 11.2 Å². The first-order chi connectivity index (χ1) is 20.3. The number of furan rings is 1. The van der Waals surface area contributed by atoms with Crippen LogP contribution < -0.4 is 0 Å². The maximum atomic E-state index is 8.08. The molecule has 0 fully saturated rings. The van der Waals surface area contributed by atoms with Crippen LogP contribution in [0.5, 0.6) is 0 Å². The van der Waals surface area contributed by atoms with Gasteiger partial charge in [0.15, 0.2) is 0 Å². The molecule has 3 nitrogen and oxygen atoms in total. The highest BCUT2D eigenvalue weighted by Gasteiger charge is 2.18. The molecule has 0 unspecified atom stereocenters. The Labute approximate surface area is 238 Å². The quantitative estimate of drug-likeness (QED) is 0.200. The second-order valence-corrected chi connectivity index (χ2v) is 11.4. The van der Waals surface area contributed by atoms with Crippen LogP contribution in [0.4, 0.5) is 5.69 Å². The summed E-state index contributed by atoms with van der Waals surface area (Å²) in [7, 11) is 0. The van der Waals surface area contributed by atoms with Gasteiger partial charge < -0.3 is 8.98 Å². The molecule has 3 aromatic heterocycles. The van der Waals surface area contributed by atoms with E-state index in [9.17, 15) is 0 Å². The van der Waals surface area contributed by atoms with Crippen LogP contribution in [0, 0.1) is 6.57 Å². The molecule has 9 aromatic rings. The van der Waals surface area contributed by atoms with Crippen molar-refractivity contribution in [3.05, 3.63) is 133 Å². The number of para-hydroxylation sites is 3. The van der Waals surface area contributed by atoms with Gasteiger partial charge in [-0.2, -0.15) is 0 Å². The van der Waals surface area contributed by atoms with Crippen LogP contribution in [0.3, 0.4) is 0 Å². The number of nitrogens with zero attached hydrogens (tertiary/aromatic N) is 2. The van der Waals surface area contributed by atoms with Gasteiger partial charge in [0.25, 0.3) is 0 Å². The molecular weight excluding hydrogens is 520 g/mol. The number of hydrogen-bond acceptors (Lipinski definition) is 2. The molecule has 0 spiro atoms. The summed E-state index contributed by atoms with van der Waals surface area (Å²) in [5.41, 5.74) is 8.00. The fourth-order valence-electron chi connectivity index (χ4n) is 6.38. The number of thiophene rings is 1. The Morgan fingerprint density at radius 3 is 2.00 bits per heavy atom. The lowest BCUT2D eigenvalue weighted by Crippen LogP contribution is -1.93. The third kappa shape index (κ3) is 3.12. The van der Waals surface area contributed by atoms with Crippen molar-refractivity contribution in [2.24, 2.45) is 0 Å². The molecule has 0 radical (unpaired) electrons. The van der Waals surface area contributed by atoms with Gasteiger partial charge in [-0.05, 0) is 65.0 Å². The van der Waals surface area contributed by atoms with Crippen molar-refractivity contribution in [3.63, 3.8) is 0 Å². The van der Waals surface area contributed by atoms with Crippen molar-refractivity contribution in [3.8, 4) is 16.8 Å². The predicted molar refractivity (Wildman–Crippen MR) is 173 cm³/mol. The monoisotopic (exact) mass is 540 g/mol. The van der Waals surface area contributed by atoms with E-state index >= 15 is 0 Å². The van der Waals surface area contributed by atoms with Gasteiger partial charge in [-0.3, -0.25) is 0 Å². The van der Waals surface area contributed by atoms with Crippen molar-refractivity contribution in [2.75, 3.05) is 0 Å². The fraction of sp³-hybridized carbons (Fsp3) is 0. The summed E-state index contributed by atoms with van der Waals surface area (Å²) >= 11 is 1.71. The molecular formula is C37H20N2OS. The molecule has 9 rings (SSSR count). The van der Waals surface area contributed by atoms with E-state index in [4.69, 9.17) is 11.0 Å². The average Bonchev–Trinajstić information content (AvgIpc) is 3.70. The van der Waals surface area contributed by atoms with Crippen LogP contribution in [-0.2, 0) is 0 Å². The molecule has 4 heteroatoms. The van der Waals surface area contributed by atoms with E-state index in [1.165, 1.54) is 31.9 Å². The van der Waals surface area contributed by atoms with Crippen LogP contribution >= 0.6 is 11.3 Å². The maximum absolute atomic E-state index is 8.08. The van der Waals surface area contributed by atoms with Crippen molar-refractivity contribution < 1.29 is 4.42 Å². The second-order valence-electron chi connectivity index (χ2n) is 10.4. The minimum atomic E-state index is 0.677. The summed E-state index contributed by atoms with van der Waals surface area (Å²) in [4.78, 5) is 4.00. The van der Waals surface area contributed by atoms with Crippen molar-refractivity contribution in [1.29, 1.82) is 0 Å². The van der Waals surface area contributed by atoms with Crippen LogP contribution in [0.2, 0.25) is 0 Å². The van der Waals surface area contributed by atoms with Crippen LogP contribution in [0.1, 0.15) is 0 Å². The molecule has 6 aromatic carbocycles. The van der Waals surface area contributed by atoms with Gasteiger partial charge >= 0.3 is 0 Å². The first-order valence-electron chi connectivity index (χ1n) is 13.6. The normalized spacial score (nSPS) is 11.9. The molecule has 0 bridgehead atoms. The molecule has 0 atom stereocenters. The zero-order chi connectivity index (χ0) is 27.1. The van der Waals surface area contributed by atoms with Gasteiger partial charge in [-0.15, -0.1) is 11.3 Å². The summed E-state index contributed by atoms with van der Waals surface area (Å²) in [5, 5.41) is 6.99. The molecule has 41 heavy (non-hydrogen) atoms. The highest BCUT2D eigenvalue weighted by molar-refractivity contribution is 7.26. The minimum Gasteiger partial charge on any atom is -0.456 e. The number of benzene rings is 6. The van der Waals surface area contributed by atoms with Gasteiger partial charge in [0.2, 0.25) is 5.69 Å². The number of rotatable bonds is 2. The van der Waals surface area contributed by atoms with Crippen LogP contribution in [0.25, 0.3) is 85.6 Å². The van der Waals surface area contributed by atoms with E-state index < -0.39 is 0 Å². The van der Waals surface area contributed by atoms with Crippen molar-refractivity contribution in [1.82, 2.24) is 4.57 Å². The molecule has 0 aliphatic heterocycles. The topological polar surface area (TPSA) is 22.4 Å². The van der Waals surface area contributed by atoms with Crippen LogP contribution in [0.15, 0.2) is 126 Å². The standard InChI is InChI=1S/C37H20N2OS/c1-38-30-20-23(22-17-18-27-26-11-4-7-16-34(26)40-35(27)21-22)19-29-28-12-8-15-33(37(28)41-36(29)30)39-31-13-5-2-9-24(31)25-10-3-6-14-32(25)39/h2-21H. The Balaban J connectivity index is 1.31. The van der Waals surface area contributed by atoms with Gasteiger partial charge in [-0.25, -0.2) is 4.85 Å². The molecule has 0 aliphatic carbocycles. The number of fused-ring (bicyclic) bond motifs is 9. The zero-order valence-electron chi connectivity index (χ0n) is 21.8. The lowest BCUT2D eigenvalue weighted by atomic mass is 10.00. The predicted octanol–water partition coefficient (Wildman–Crippen LogP) is 11.3. The SMILES string of the molecule is [C-]#[N+]c1cc(-c2ccc3c(c2)oc2ccccc23)cc2c1sc1c(-n3c4ccccc4c4ccccc43)cccc12. The highest BCUT2D eigenvalue weighted by atomic mass is 32.1. The molecule has 190 valence electrons.